The van der Waals surface area contributed by atoms with Crippen LogP contribution in [0.5, 0.6) is 5.75 Å². The van der Waals surface area contributed by atoms with Gasteiger partial charge in [0.1, 0.15) is 5.75 Å². The summed E-state index contributed by atoms with van der Waals surface area (Å²) in [6.45, 7) is 0. The molecule has 1 amide bonds. The molecule has 0 radical (unpaired) electrons. The molecule has 6 heteroatoms. The van der Waals surface area contributed by atoms with Crippen molar-refractivity contribution in [3.05, 3.63) is 57.5 Å². The Morgan fingerprint density at radius 2 is 2.24 bits per heavy atom. The number of carbonyl (C=O) groups is 1. The number of amides is 1. The van der Waals surface area contributed by atoms with Gasteiger partial charge in [-0.3, -0.25) is 9.59 Å². The molecular formula is C19H23N3O3. The van der Waals surface area contributed by atoms with Crippen molar-refractivity contribution in [2.45, 2.75) is 38.1 Å². The van der Waals surface area contributed by atoms with Gasteiger partial charge in [0.25, 0.3) is 5.56 Å². The Balaban J connectivity index is 1.55. The molecule has 1 aliphatic carbocycles. The Hall–Kier alpha value is -2.63. The largest absolute Gasteiger partial charge is 0.497 e. The van der Waals surface area contributed by atoms with Crippen molar-refractivity contribution in [3.8, 4) is 5.75 Å². The lowest BCUT2D eigenvalue weighted by Gasteiger charge is -2.24. The van der Waals surface area contributed by atoms with Gasteiger partial charge in [-0.2, -0.15) is 5.10 Å². The van der Waals surface area contributed by atoms with Crippen molar-refractivity contribution in [3.63, 3.8) is 0 Å². The molecule has 0 bridgehead atoms. The molecule has 6 nitrogen and oxygen atoms in total. The highest BCUT2D eigenvalue weighted by molar-refractivity contribution is 5.76. The summed E-state index contributed by atoms with van der Waals surface area (Å²) in [6.07, 6.45) is 3.41. The van der Waals surface area contributed by atoms with E-state index in [9.17, 15) is 9.59 Å². The van der Waals surface area contributed by atoms with Gasteiger partial charge in [0.2, 0.25) is 5.91 Å². The topological polar surface area (TPSA) is 73.2 Å². The number of nitrogens with one attached hydrogen (secondary N) is 1. The summed E-state index contributed by atoms with van der Waals surface area (Å²) in [6, 6.07) is 9.47. The van der Waals surface area contributed by atoms with E-state index in [1.54, 1.807) is 20.2 Å². The van der Waals surface area contributed by atoms with Crippen molar-refractivity contribution < 1.29 is 9.53 Å². The van der Waals surface area contributed by atoms with Crippen molar-refractivity contribution in [1.29, 1.82) is 0 Å². The summed E-state index contributed by atoms with van der Waals surface area (Å²) >= 11 is 0. The second-order valence-electron chi connectivity index (χ2n) is 6.44. The van der Waals surface area contributed by atoms with E-state index in [0.717, 1.165) is 35.4 Å². The number of nitrogens with zero attached hydrogens (tertiary/aromatic N) is 2. The highest BCUT2D eigenvalue weighted by Gasteiger charge is 2.22. The fraction of sp³-hybridized carbons (Fsp3) is 0.421. The number of hydrogen-bond acceptors (Lipinski definition) is 4. The minimum absolute atomic E-state index is 0.0352. The summed E-state index contributed by atoms with van der Waals surface area (Å²) in [5.41, 5.74) is 2.89. The predicted octanol–water partition coefficient (Wildman–Crippen LogP) is 1.40. The molecule has 0 saturated carbocycles. The van der Waals surface area contributed by atoms with Crippen molar-refractivity contribution in [2.75, 3.05) is 7.11 Å². The number of methoxy groups -OCH3 is 1. The second kappa shape index (κ2) is 7.51. The van der Waals surface area contributed by atoms with Gasteiger partial charge in [-0.05, 0) is 48.9 Å². The first-order valence-corrected chi connectivity index (χ1v) is 8.53. The average molecular weight is 341 g/mol. The zero-order chi connectivity index (χ0) is 17.8. The average Bonchev–Trinajstić information content (AvgIpc) is 2.61. The minimum Gasteiger partial charge on any atom is -0.497 e. The Kier molecular flexibility index (Phi) is 5.16. The van der Waals surface area contributed by atoms with E-state index in [1.165, 1.54) is 4.68 Å². The van der Waals surface area contributed by atoms with Crippen LogP contribution in [0.4, 0.5) is 0 Å². The standard InChI is InChI=1S/C19H23N3O3/c1-22-19(24)12-14-11-15(7-8-17(14)21-22)20-18(23)9-6-13-4-3-5-16(10-13)25-2/h3-5,10,12,15H,6-9,11H2,1-2H3,(H,20,23)/t15-/m1/s1. The predicted molar refractivity (Wildman–Crippen MR) is 94.7 cm³/mol. The normalized spacial score (nSPS) is 16.2. The minimum atomic E-state index is -0.108. The summed E-state index contributed by atoms with van der Waals surface area (Å²) in [5.74, 6) is 0.837. The van der Waals surface area contributed by atoms with Crippen LogP contribution in [0.2, 0.25) is 0 Å². The molecule has 0 saturated heterocycles. The van der Waals surface area contributed by atoms with E-state index in [2.05, 4.69) is 10.4 Å². The second-order valence-corrected chi connectivity index (χ2v) is 6.44. The van der Waals surface area contributed by atoms with Crippen molar-refractivity contribution in [2.24, 2.45) is 7.05 Å². The van der Waals surface area contributed by atoms with Gasteiger partial charge in [0.15, 0.2) is 0 Å². The Bertz CT molecular complexity index is 829. The third-order valence-electron chi connectivity index (χ3n) is 4.59. The van der Waals surface area contributed by atoms with Gasteiger partial charge in [-0.1, -0.05) is 12.1 Å². The number of ether oxygens (including phenoxy) is 1. The first-order chi connectivity index (χ1) is 12.0. The molecule has 132 valence electrons. The molecule has 3 rings (SSSR count). The highest BCUT2D eigenvalue weighted by Crippen LogP contribution is 2.18. The zero-order valence-corrected chi connectivity index (χ0v) is 14.6. The van der Waals surface area contributed by atoms with Crippen LogP contribution < -0.4 is 15.6 Å². The maximum absolute atomic E-state index is 12.2. The number of aryl methyl sites for hydroxylation is 3. The van der Waals surface area contributed by atoms with E-state index in [0.29, 0.717) is 19.3 Å². The van der Waals surface area contributed by atoms with Crippen LogP contribution in [-0.2, 0) is 31.1 Å². The molecule has 1 aromatic heterocycles. The quantitative estimate of drug-likeness (QED) is 0.892. The molecule has 0 spiro atoms. The van der Waals surface area contributed by atoms with E-state index in [-0.39, 0.29) is 17.5 Å². The summed E-state index contributed by atoms with van der Waals surface area (Å²) < 4.78 is 6.57. The maximum atomic E-state index is 12.2. The molecule has 1 atom stereocenters. The number of hydrogen-bond donors (Lipinski definition) is 1. The maximum Gasteiger partial charge on any atom is 0.266 e. The molecule has 0 fully saturated rings. The van der Waals surface area contributed by atoms with Crippen molar-refractivity contribution in [1.82, 2.24) is 15.1 Å². The van der Waals surface area contributed by atoms with Crippen LogP contribution in [0.1, 0.15) is 29.7 Å². The lowest BCUT2D eigenvalue weighted by atomic mass is 9.92. The van der Waals surface area contributed by atoms with Crippen LogP contribution >= 0.6 is 0 Å². The number of benzene rings is 1. The van der Waals surface area contributed by atoms with Crippen LogP contribution in [0.25, 0.3) is 0 Å². The van der Waals surface area contributed by atoms with E-state index in [1.807, 2.05) is 24.3 Å². The molecule has 0 unspecified atom stereocenters. The monoisotopic (exact) mass is 341 g/mol. The van der Waals surface area contributed by atoms with Gasteiger partial charge in [0, 0.05) is 25.6 Å². The molecule has 1 N–H and O–H groups in total. The third-order valence-corrected chi connectivity index (χ3v) is 4.59. The van der Waals surface area contributed by atoms with Crippen LogP contribution in [0.15, 0.2) is 35.1 Å². The summed E-state index contributed by atoms with van der Waals surface area (Å²) in [7, 11) is 3.30. The fourth-order valence-corrected chi connectivity index (χ4v) is 3.19. The third kappa shape index (κ3) is 4.26. The molecule has 1 aromatic carbocycles. The van der Waals surface area contributed by atoms with Crippen molar-refractivity contribution >= 4 is 5.91 Å². The smallest absolute Gasteiger partial charge is 0.266 e. The number of rotatable bonds is 5. The van der Waals surface area contributed by atoms with Gasteiger partial charge in [0.05, 0.1) is 12.8 Å². The van der Waals surface area contributed by atoms with Crippen LogP contribution in [-0.4, -0.2) is 28.8 Å². The zero-order valence-electron chi connectivity index (χ0n) is 14.6. The number of carbonyl (C=O) groups excluding carboxylic acids is 1. The summed E-state index contributed by atoms with van der Waals surface area (Å²) in [5, 5.41) is 7.38. The lowest BCUT2D eigenvalue weighted by Crippen LogP contribution is -2.40. The highest BCUT2D eigenvalue weighted by atomic mass is 16.5. The fourth-order valence-electron chi connectivity index (χ4n) is 3.19. The molecule has 1 aliphatic rings. The Morgan fingerprint density at radius 3 is 3.04 bits per heavy atom. The molecular weight excluding hydrogens is 318 g/mol. The van der Waals surface area contributed by atoms with Gasteiger partial charge < -0.3 is 10.1 Å². The van der Waals surface area contributed by atoms with Crippen LogP contribution in [0, 0.1) is 0 Å². The lowest BCUT2D eigenvalue weighted by molar-refractivity contribution is -0.121. The van der Waals surface area contributed by atoms with E-state index >= 15 is 0 Å². The SMILES string of the molecule is COc1cccc(CCC(=O)N[C@@H]2CCc3nn(C)c(=O)cc3C2)c1. The van der Waals surface area contributed by atoms with Gasteiger partial charge in [-0.25, -0.2) is 4.68 Å². The first kappa shape index (κ1) is 17.2. The molecule has 25 heavy (non-hydrogen) atoms. The number of aromatic nitrogens is 2. The van der Waals surface area contributed by atoms with E-state index in [4.69, 9.17) is 4.74 Å². The molecule has 1 heterocycles. The first-order valence-electron chi connectivity index (χ1n) is 8.53. The molecule has 0 aliphatic heterocycles. The van der Waals surface area contributed by atoms with Crippen LogP contribution in [0.3, 0.4) is 0 Å². The Morgan fingerprint density at radius 1 is 1.40 bits per heavy atom. The van der Waals surface area contributed by atoms with E-state index < -0.39 is 0 Å². The number of fused-ring (bicyclic) bond motifs is 1. The molecule has 2 aromatic rings. The van der Waals surface area contributed by atoms with Gasteiger partial charge in [-0.15, -0.1) is 0 Å². The van der Waals surface area contributed by atoms with Gasteiger partial charge >= 0.3 is 0 Å². The Labute approximate surface area is 146 Å². The summed E-state index contributed by atoms with van der Waals surface area (Å²) in [4.78, 5) is 24.0.